The lowest BCUT2D eigenvalue weighted by Crippen LogP contribution is -2.53. The number of hydrogen-bond acceptors (Lipinski definition) is 6. The Morgan fingerprint density at radius 1 is 1.39 bits per heavy atom. The molecule has 11 heteroatoms. The van der Waals surface area contributed by atoms with Crippen molar-refractivity contribution in [1.29, 1.82) is 0 Å². The zero-order valence-corrected chi connectivity index (χ0v) is 18.2. The van der Waals surface area contributed by atoms with Gasteiger partial charge in [-0.25, -0.2) is 23.1 Å². The van der Waals surface area contributed by atoms with E-state index in [0.29, 0.717) is 5.02 Å². The fraction of sp³-hybridized carbons (Fsp3) is 0.350. The van der Waals surface area contributed by atoms with Crippen molar-refractivity contribution in [1.82, 2.24) is 4.98 Å². The van der Waals surface area contributed by atoms with Gasteiger partial charge in [0, 0.05) is 34.2 Å². The highest BCUT2D eigenvalue weighted by Crippen LogP contribution is 2.51. The molecule has 3 atom stereocenters. The quantitative estimate of drug-likeness (QED) is 0.613. The average Bonchev–Trinajstić information content (AvgIpc) is 2.73. The molecule has 0 saturated carbocycles. The molecule has 2 aromatic rings. The molecule has 31 heavy (non-hydrogen) atoms. The number of benzene rings is 1. The molecule has 1 aromatic heterocycles. The van der Waals surface area contributed by atoms with Gasteiger partial charge in [-0.15, -0.1) is 0 Å². The molecule has 0 saturated heterocycles. The number of aliphatic hydroxyl groups excluding tert-OH is 1. The maximum absolute atomic E-state index is 14.9. The third kappa shape index (κ3) is 4.24. The number of pyridine rings is 1. The number of halogens is 4. The van der Waals surface area contributed by atoms with E-state index in [1.54, 1.807) is 13.8 Å². The molecular formula is C20H20ClF3N4O2S. The second-order valence-electron chi connectivity index (χ2n) is 7.44. The van der Waals surface area contributed by atoms with Crippen LogP contribution in [0.3, 0.4) is 0 Å². The van der Waals surface area contributed by atoms with Crippen LogP contribution in [0, 0.1) is 17.6 Å². The number of carbonyl (C=O) groups excluding carboxylic acids is 1. The van der Waals surface area contributed by atoms with Crippen molar-refractivity contribution in [2.45, 2.75) is 24.1 Å². The topological polar surface area (TPSA) is 101 Å². The van der Waals surface area contributed by atoms with E-state index in [0.717, 1.165) is 23.9 Å². The van der Waals surface area contributed by atoms with Crippen LogP contribution < -0.4 is 11.1 Å². The Morgan fingerprint density at radius 3 is 2.68 bits per heavy atom. The fourth-order valence-electron chi connectivity index (χ4n) is 3.51. The summed E-state index contributed by atoms with van der Waals surface area (Å²) in [5, 5.41) is 12.5. The van der Waals surface area contributed by atoms with Crippen LogP contribution in [-0.4, -0.2) is 39.2 Å². The molecule has 1 amide bonds. The first-order valence-corrected chi connectivity index (χ1v) is 10.4. The van der Waals surface area contributed by atoms with Crippen molar-refractivity contribution in [2.24, 2.45) is 16.6 Å². The van der Waals surface area contributed by atoms with E-state index in [9.17, 15) is 23.1 Å². The largest absolute Gasteiger partial charge is 0.395 e. The number of aromatic nitrogens is 1. The van der Waals surface area contributed by atoms with Crippen LogP contribution in [0.5, 0.6) is 0 Å². The molecule has 1 aliphatic heterocycles. The number of amides is 1. The number of carbonyl (C=O) groups is 1. The number of rotatable bonds is 5. The number of amidine groups is 1. The summed E-state index contributed by atoms with van der Waals surface area (Å²) < 4.78 is 42.9. The Labute approximate surface area is 186 Å². The van der Waals surface area contributed by atoms with E-state index in [1.807, 2.05) is 0 Å². The number of nitrogens with one attached hydrogen (secondary N) is 1. The Morgan fingerprint density at radius 2 is 2.10 bits per heavy atom. The van der Waals surface area contributed by atoms with Gasteiger partial charge in [0.25, 0.3) is 5.91 Å². The summed E-state index contributed by atoms with van der Waals surface area (Å²) in [6, 6.07) is 4.71. The Bertz CT molecular complexity index is 1040. The molecule has 4 N–H and O–H groups in total. The molecule has 0 aliphatic carbocycles. The predicted octanol–water partition coefficient (Wildman–Crippen LogP) is 3.88. The highest BCUT2D eigenvalue weighted by molar-refractivity contribution is 8.15. The van der Waals surface area contributed by atoms with Crippen LogP contribution in [0.1, 0.15) is 29.9 Å². The van der Waals surface area contributed by atoms with Gasteiger partial charge in [-0.3, -0.25) is 4.79 Å². The van der Waals surface area contributed by atoms with Crippen molar-refractivity contribution in [2.75, 3.05) is 18.6 Å². The van der Waals surface area contributed by atoms with Gasteiger partial charge in [-0.1, -0.05) is 30.3 Å². The van der Waals surface area contributed by atoms with Crippen molar-refractivity contribution >= 4 is 40.1 Å². The van der Waals surface area contributed by atoms with Gasteiger partial charge in [0.2, 0.25) is 0 Å². The predicted molar refractivity (Wildman–Crippen MR) is 115 cm³/mol. The smallest absolute Gasteiger partial charge is 0.274 e. The summed E-state index contributed by atoms with van der Waals surface area (Å²) in [7, 11) is 0. The maximum atomic E-state index is 14.9. The number of hydrogen-bond donors (Lipinski definition) is 3. The second-order valence-corrected chi connectivity index (χ2v) is 9.43. The number of thioether (sulfide) groups is 1. The zero-order valence-electron chi connectivity index (χ0n) is 16.6. The Hall–Kier alpha value is -2.30. The van der Waals surface area contributed by atoms with E-state index >= 15 is 0 Å². The Balaban J connectivity index is 2.08. The van der Waals surface area contributed by atoms with Crippen LogP contribution in [0.25, 0.3) is 0 Å². The number of alkyl halides is 1. The molecule has 0 bridgehead atoms. The lowest BCUT2D eigenvalue weighted by molar-refractivity contribution is 0.102. The van der Waals surface area contributed by atoms with E-state index in [2.05, 4.69) is 15.3 Å². The van der Waals surface area contributed by atoms with Crippen molar-refractivity contribution < 1.29 is 23.1 Å². The van der Waals surface area contributed by atoms with Crippen molar-refractivity contribution in [3.63, 3.8) is 0 Å². The monoisotopic (exact) mass is 472 g/mol. The number of aliphatic hydroxyl groups is 1. The summed E-state index contributed by atoms with van der Waals surface area (Å²) in [5.74, 6) is -4.08. The number of nitrogens with zero attached hydrogens (tertiary/aromatic N) is 2. The first-order chi connectivity index (χ1) is 14.6. The standard InChI is InChI=1S/C20H20ClF3N4O2S/c1-10-19(2,9-29)31-18(25)28-20(10,8-22)13-5-12(6-14(23)16(13)24)27-17(30)15-4-3-11(21)7-26-15/h3-7,10,29H,8-9H2,1-2H3,(H2,25,28)(H,27,30)/t10-,19-,20+/m1/s1. The first kappa shape index (κ1) is 23.4. The SMILES string of the molecule is C[C@@H]1[C@@](C)(CO)SC(N)=N[C@]1(CF)c1cc(NC(=O)c2ccc(Cl)cn2)cc(F)c1F. The highest BCUT2D eigenvalue weighted by atomic mass is 35.5. The minimum Gasteiger partial charge on any atom is -0.395 e. The van der Waals surface area contributed by atoms with Crippen molar-refractivity contribution in [3.05, 3.63) is 58.4 Å². The van der Waals surface area contributed by atoms with Crippen LogP contribution in [0.15, 0.2) is 35.5 Å². The summed E-state index contributed by atoms with van der Waals surface area (Å²) in [6.07, 6.45) is 1.26. The molecular weight excluding hydrogens is 453 g/mol. The highest BCUT2D eigenvalue weighted by Gasteiger charge is 2.53. The van der Waals surface area contributed by atoms with Gasteiger partial charge in [0.1, 0.15) is 17.9 Å². The van der Waals surface area contributed by atoms with E-state index in [1.165, 1.54) is 18.3 Å². The summed E-state index contributed by atoms with van der Waals surface area (Å²) >= 11 is 6.79. The molecule has 166 valence electrons. The van der Waals surface area contributed by atoms with E-state index < -0.39 is 46.0 Å². The maximum Gasteiger partial charge on any atom is 0.274 e. The number of anilines is 1. The lowest BCUT2D eigenvalue weighted by atomic mass is 9.73. The van der Waals surface area contributed by atoms with Crippen LogP contribution in [-0.2, 0) is 5.54 Å². The normalized spacial score (nSPS) is 25.8. The fourth-order valence-corrected chi connectivity index (χ4v) is 4.74. The van der Waals surface area contributed by atoms with Gasteiger partial charge < -0.3 is 16.2 Å². The third-order valence-corrected chi connectivity index (χ3v) is 6.98. The van der Waals surface area contributed by atoms with Gasteiger partial charge in [-0.05, 0) is 25.1 Å². The molecule has 2 heterocycles. The number of aliphatic imine (C=N–C) groups is 1. The molecule has 0 radical (unpaired) electrons. The molecule has 3 rings (SSSR count). The Kier molecular flexibility index (Phi) is 6.54. The van der Waals surface area contributed by atoms with Gasteiger partial charge >= 0.3 is 0 Å². The van der Waals surface area contributed by atoms with Gasteiger partial charge in [0.15, 0.2) is 16.8 Å². The van der Waals surface area contributed by atoms with Gasteiger partial charge in [0.05, 0.1) is 11.6 Å². The molecule has 1 aliphatic rings. The van der Waals surface area contributed by atoms with Crippen LogP contribution in [0.2, 0.25) is 5.02 Å². The third-order valence-electron chi connectivity index (χ3n) is 5.51. The van der Waals surface area contributed by atoms with Crippen molar-refractivity contribution in [3.8, 4) is 0 Å². The summed E-state index contributed by atoms with van der Waals surface area (Å²) in [5.41, 5.74) is 3.43. The van der Waals surface area contributed by atoms with Crippen LogP contribution >= 0.6 is 23.4 Å². The lowest BCUT2D eigenvalue weighted by Gasteiger charge is -2.47. The summed E-state index contributed by atoms with van der Waals surface area (Å²) in [6.45, 7) is 1.64. The molecule has 6 nitrogen and oxygen atoms in total. The van der Waals surface area contributed by atoms with Gasteiger partial charge in [-0.2, -0.15) is 0 Å². The minimum atomic E-state index is -1.89. The molecule has 0 fully saturated rings. The van der Waals surface area contributed by atoms with E-state index in [4.69, 9.17) is 17.3 Å². The van der Waals surface area contributed by atoms with E-state index in [-0.39, 0.29) is 23.2 Å². The summed E-state index contributed by atoms with van der Waals surface area (Å²) in [4.78, 5) is 20.4. The molecule has 0 unspecified atom stereocenters. The second kappa shape index (κ2) is 8.68. The number of nitrogens with two attached hydrogens (primary N) is 1. The minimum absolute atomic E-state index is 0.00607. The molecule has 1 aromatic carbocycles. The van der Waals surface area contributed by atoms with Crippen LogP contribution in [0.4, 0.5) is 18.9 Å². The molecule has 0 spiro atoms. The average molecular weight is 473 g/mol. The zero-order chi connectivity index (χ0) is 23.0. The first-order valence-electron chi connectivity index (χ1n) is 9.20.